The molecule has 4 heteroatoms. The molecule has 1 aromatic rings. The molecule has 1 rings (SSSR count). The first-order chi connectivity index (χ1) is 6.61. The van der Waals surface area contributed by atoms with Crippen molar-refractivity contribution < 1.29 is 14.1 Å². The van der Waals surface area contributed by atoms with Crippen molar-refractivity contribution in [2.24, 2.45) is 0 Å². The SMILES string of the molecule is CS(=O)C(Cc1ccccc1)C(=O)O. The maximum atomic E-state index is 11.1. The van der Waals surface area contributed by atoms with Crippen LogP contribution in [0.15, 0.2) is 30.3 Å². The molecule has 14 heavy (non-hydrogen) atoms. The number of carboxylic acid groups (broad SMARTS) is 1. The van der Waals surface area contributed by atoms with E-state index >= 15 is 0 Å². The summed E-state index contributed by atoms with van der Waals surface area (Å²) in [6.07, 6.45) is 1.74. The van der Waals surface area contributed by atoms with E-state index in [1.54, 1.807) is 0 Å². The first-order valence-corrected chi connectivity index (χ1v) is 5.82. The van der Waals surface area contributed by atoms with Gasteiger partial charge in [0.1, 0.15) is 5.25 Å². The third kappa shape index (κ3) is 2.96. The summed E-state index contributed by atoms with van der Waals surface area (Å²) in [5, 5.41) is 8.00. The zero-order valence-corrected chi connectivity index (χ0v) is 8.66. The Bertz CT molecular complexity index is 320. The van der Waals surface area contributed by atoms with Crippen LogP contribution in [0.4, 0.5) is 0 Å². The summed E-state index contributed by atoms with van der Waals surface area (Å²) in [5.74, 6) is -1.00. The molecule has 0 heterocycles. The van der Waals surface area contributed by atoms with Gasteiger partial charge in [0.25, 0.3) is 0 Å². The normalized spacial score (nSPS) is 14.6. The van der Waals surface area contributed by atoms with Gasteiger partial charge in [0.2, 0.25) is 0 Å². The fourth-order valence-corrected chi connectivity index (χ4v) is 1.89. The molecule has 0 saturated carbocycles. The van der Waals surface area contributed by atoms with E-state index in [1.165, 1.54) is 6.26 Å². The summed E-state index contributed by atoms with van der Waals surface area (Å²) in [6.45, 7) is 0. The molecule has 76 valence electrons. The van der Waals surface area contributed by atoms with Gasteiger partial charge in [-0.25, -0.2) is 0 Å². The quantitative estimate of drug-likeness (QED) is 0.812. The third-order valence-corrected chi connectivity index (χ3v) is 3.11. The predicted molar refractivity (Wildman–Crippen MR) is 55.6 cm³/mol. The molecule has 0 radical (unpaired) electrons. The molecule has 0 aliphatic rings. The largest absolute Gasteiger partial charge is 0.480 e. The number of carboxylic acids is 1. The van der Waals surface area contributed by atoms with Crippen LogP contribution in [0.5, 0.6) is 0 Å². The summed E-state index contributed by atoms with van der Waals surface area (Å²) in [7, 11) is -1.33. The molecule has 0 aliphatic carbocycles. The van der Waals surface area contributed by atoms with Gasteiger partial charge in [-0.3, -0.25) is 9.00 Å². The monoisotopic (exact) mass is 212 g/mol. The zero-order valence-electron chi connectivity index (χ0n) is 7.84. The second-order valence-corrected chi connectivity index (χ2v) is 4.58. The number of rotatable bonds is 4. The van der Waals surface area contributed by atoms with E-state index in [9.17, 15) is 9.00 Å². The minimum atomic E-state index is -1.33. The fourth-order valence-electron chi connectivity index (χ4n) is 1.17. The summed E-state index contributed by atoms with van der Waals surface area (Å²) < 4.78 is 11.1. The maximum Gasteiger partial charge on any atom is 0.319 e. The van der Waals surface area contributed by atoms with Gasteiger partial charge in [-0.05, 0) is 12.0 Å². The van der Waals surface area contributed by atoms with Crippen LogP contribution in [0.1, 0.15) is 5.56 Å². The summed E-state index contributed by atoms with van der Waals surface area (Å²) in [4.78, 5) is 10.8. The predicted octanol–water partition coefficient (Wildman–Crippen LogP) is 1.06. The zero-order chi connectivity index (χ0) is 10.6. The second kappa shape index (κ2) is 4.91. The van der Waals surface area contributed by atoms with Crippen molar-refractivity contribution in [1.29, 1.82) is 0 Å². The number of hydrogen-bond donors (Lipinski definition) is 1. The standard InChI is InChI=1S/C10H12O3S/c1-14(13)9(10(11)12)7-8-5-3-2-4-6-8/h2-6,9H,7H2,1H3,(H,11,12). The van der Waals surface area contributed by atoms with E-state index in [0.29, 0.717) is 6.42 Å². The number of benzene rings is 1. The van der Waals surface area contributed by atoms with E-state index in [1.807, 2.05) is 30.3 Å². The second-order valence-electron chi connectivity index (χ2n) is 3.02. The van der Waals surface area contributed by atoms with E-state index in [2.05, 4.69) is 0 Å². The lowest BCUT2D eigenvalue weighted by atomic mass is 10.1. The van der Waals surface area contributed by atoms with Gasteiger partial charge >= 0.3 is 5.97 Å². The van der Waals surface area contributed by atoms with Gasteiger partial charge < -0.3 is 5.11 Å². The first-order valence-electron chi connectivity index (χ1n) is 4.20. The Morgan fingerprint density at radius 1 is 1.43 bits per heavy atom. The lowest BCUT2D eigenvalue weighted by Gasteiger charge is -2.08. The van der Waals surface area contributed by atoms with Crippen LogP contribution in [0.2, 0.25) is 0 Å². The molecule has 3 nitrogen and oxygen atoms in total. The lowest BCUT2D eigenvalue weighted by Crippen LogP contribution is -2.27. The van der Waals surface area contributed by atoms with E-state index < -0.39 is 22.0 Å². The Kier molecular flexibility index (Phi) is 3.83. The van der Waals surface area contributed by atoms with Gasteiger partial charge in [0, 0.05) is 17.1 Å². The molecule has 2 unspecified atom stereocenters. The lowest BCUT2D eigenvalue weighted by molar-refractivity contribution is -0.136. The first kappa shape index (κ1) is 10.9. The number of hydrogen-bond acceptors (Lipinski definition) is 2. The highest BCUT2D eigenvalue weighted by Gasteiger charge is 2.21. The Hall–Kier alpha value is -1.16. The molecule has 1 N–H and O–H groups in total. The smallest absolute Gasteiger partial charge is 0.319 e. The molecule has 0 saturated heterocycles. The Morgan fingerprint density at radius 2 is 2.00 bits per heavy atom. The molecule has 0 spiro atoms. The Balaban J connectivity index is 2.75. The van der Waals surface area contributed by atoms with Crippen LogP contribution in [-0.4, -0.2) is 26.8 Å². The molecular weight excluding hydrogens is 200 g/mol. The molecule has 1 aromatic carbocycles. The van der Waals surface area contributed by atoms with Crippen LogP contribution in [0.25, 0.3) is 0 Å². The highest BCUT2D eigenvalue weighted by Crippen LogP contribution is 2.07. The van der Waals surface area contributed by atoms with Crippen molar-refractivity contribution >= 4 is 16.8 Å². The Morgan fingerprint density at radius 3 is 2.43 bits per heavy atom. The van der Waals surface area contributed by atoms with Gasteiger partial charge in [-0.2, -0.15) is 0 Å². The van der Waals surface area contributed by atoms with Crippen LogP contribution in [0.3, 0.4) is 0 Å². The highest BCUT2D eigenvalue weighted by molar-refractivity contribution is 7.85. The van der Waals surface area contributed by atoms with Gasteiger partial charge in [0.05, 0.1) is 0 Å². The summed E-state index contributed by atoms with van der Waals surface area (Å²) in [5.41, 5.74) is 0.898. The van der Waals surface area contributed by atoms with E-state index in [-0.39, 0.29) is 0 Å². The van der Waals surface area contributed by atoms with Crippen molar-refractivity contribution in [1.82, 2.24) is 0 Å². The van der Waals surface area contributed by atoms with Gasteiger partial charge in [-0.1, -0.05) is 30.3 Å². The van der Waals surface area contributed by atoms with Crippen molar-refractivity contribution in [2.75, 3.05) is 6.26 Å². The topological polar surface area (TPSA) is 54.4 Å². The van der Waals surface area contributed by atoms with E-state index in [4.69, 9.17) is 5.11 Å². The fraction of sp³-hybridized carbons (Fsp3) is 0.300. The van der Waals surface area contributed by atoms with Crippen molar-refractivity contribution in [3.63, 3.8) is 0 Å². The molecule has 2 atom stereocenters. The highest BCUT2D eigenvalue weighted by atomic mass is 32.2. The summed E-state index contributed by atoms with van der Waals surface area (Å²) in [6, 6.07) is 9.22. The van der Waals surface area contributed by atoms with Gasteiger partial charge in [0.15, 0.2) is 0 Å². The molecule has 0 bridgehead atoms. The minimum absolute atomic E-state index is 0.319. The van der Waals surface area contributed by atoms with Gasteiger partial charge in [-0.15, -0.1) is 0 Å². The average Bonchev–Trinajstić information content (AvgIpc) is 2.15. The molecule has 0 aromatic heterocycles. The number of aliphatic carboxylic acids is 1. The third-order valence-electron chi connectivity index (χ3n) is 1.94. The molecular formula is C10H12O3S. The van der Waals surface area contributed by atoms with E-state index in [0.717, 1.165) is 5.56 Å². The Labute approximate surface area is 85.2 Å². The van der Waals surface area contributed by atoms with Crippen molar-refractivity contribution in [2.45, 2.75) is 11.7 Å². The molecule has 0 aliphatic heterocycles. The van der Waals surface area contributed by atoms with Crippen LogP contribution >= 0.6 is 0 Å². The van der Waals surface area contributed by atoms with Crippen LogP contribution < -0.4 is 0 Å². The van der Waals surface area contributed by atoms with Crippen molar-refractivity contribution in [3.05, 3.63) is 35.9 Å². The maximum absolute atomic E-state index is 11.1. The average molecular weight is 212 g/mol. The summed E-state index contributed by atoms with van der Waals surface area (Å²) >= 11 is 0. The van der Waals surface area contributed by atoms with Crippen LogP contribution in [0, 0.1) is 0 Å². The molecule has 0 amide bonds. The number of carbonyl (C=O) groups is 1. The van der Waals surface area contributed by atoms with Crippen LogP contribution in [-0.2, 0) is 22.0 Å². The minimum Gasteiger partial charge on any atom is -0.480 e. The van der Waals surface area contributed by atoms with Crippen molar-refractivity contribution in [3.8, 4) is 0 Å². The molecule has 0 fully saturated rings.